The SMILES string of the molecule is COCC(N)c1noc(-c2c(F)cccc2F)n1. The van der Waals surface area contributed by atoms with Crippen LogP contribution in [0.4, 0.5) is 8.78 Å². The van der Waals surface area contributed by atoms with E-state index in [9.17, 15) is 8.78 Å². The summed E-state index contributed by atoms with van der Waals surface area (Å²) in [7, 11) is 1.47. The number of hydrogen-bond acceptors (Lipinski definition) is 5. The molecular weight excluding hydrogens is 244 g/mol. The summed E-state index contributed by atoms with van der Waals surface area (Å²) in [4.78, 5) is 3.86. The Labute approximate surface area is 102 Å². The molecule has 0 aliphatic heterocycles. The highest BCUT2D eigenvalue weighted by Gasteiger charge is 2.20. The van der Waals surface area contributed by atoms with Gasteiger partial charge in [0, 0.05) is 7.11 Å². The zero-order chi connectivity index (χ0) is 13.1. The number of hydrogen-bond donors (Lipinski definition) is 1. The first-order valence-corrected chi connectivity index (χ1v) is 5.16. The van der Waals surface area contributed by atoms with Crippen LogP contribution in [0.15, 0.2) is 22.7 Å². The molecule has 0 fully saturated rings. The van der Waals surface area contributed by atoms with Crippen molar-refractivity contribution in [2.75, 3.05) is 13.7 Å². The third-order valence-corrected chi connectivity index (χ3v) is 2.30. The Hall–Kier alpha value is -1.86. The van der Waals surface area contributed by atoms with Crippen LogP contribution in [0.25, 0.3) is 11.5 Å². The Morgan fingerprint density at radius 3 is 2.67 bits per heavy atom. The average Bonchev–Trinajstić information content (AvgIpc) is 2.78. The second-order valence-corrected chi connectivity index (χ2v) is 3.62. The zero-order valence-electron chi connectivity index (χ0n) is 9.56. The molecule has 1 heterocycles. The highest BCUT2D eigenvalue weighted by molar-refractivity contribution is 5.54. The topological polar surface area (TPSA) is 74.2 Å². The predicted molar refractivity (Wildman–Crippen MR) is 58.5 cm³/mol. The van der Waals surface area contributed by atoms with E-state index in [1.807, 2.05) is 0 Å². The maximum absolute atomic E-state index is 13.5. The van der Waals surface area contributed by atoms with Gasteiger partial charge in [0.2, 0.25) is 0 Å². The second kappa shape index (κ2) is 5.19. The molecule has 1 unspecified atom stereocenters. The molecule has 1 aromatic heterocycles. The van der Waals surface area contributed by atoms with Gasteiger partial charge in [-0.2, -0.15) is 4.98 Å². The molecule has 96 valence electrons. The first kappa shape index (κ1) is 12.6. The minimum absolute atomic E-state index is 0.134. The van der Waals surface area contributed by atoms with Gasteiger partial charge in [-0.15, -0.1) is 0 Å². The summed E-state index contributed by atoms with van der Waals surface area (Å²) in [6.07, 6.45) is 0. The number of halogens is 2. The molecule has 0 saturated heterocycles. The van der Waals surface area contributed by atoms with E-state index in [2.05, 4.69) is 10.1 Å². The minimum Gasteiger partial charge on any atom is -0.383 e. The Morgan fingerprint density at radius 2 is 2.06 bits per heavy atom. The van der Waals surface area contributed by atoms with Crippen molar-refractivity contribution in [1.82, 2.24) is 10.1 Å². The Morgan fingerprint density at radius 1 is 1.39 bits per heavy atom. The van der Waals surface area contributed by atoms with Crippen LogP contribution in [0.1, 0.15) is 11.9 Å². The highest BCUT2D eigenvalue weighted by atomic mass is 19.1. The number of nitrogens with two attached hydrogens (primary N) is 1. The number of benzene rings is 1. The van der Waals surface area contributed by atoms with Gasteiger partial charge in [0.25, 0.3) is 5.89 Å². The van der Waals surface area contributed by atoms with Crippen LogP contribution >= 0.6 is 0 Å². The molecule has 0 spiro atoms. The lowest BCUT2D eigenvalue weighted by Gasteiger charge is -2.03. The number of nitrogens with zero attached hydrogens (tertiary/aromatic N) is 2. The first-order chi connectivity index (χ1) is 8.63. The quantitative estimate of drug-likeness (QED) is 0.899. The van der Waals surface area contributed by atoms with Crippen molar-refractivity contribution in [3.63, 3.8) is 0 Å². The van der Waals surface area contributed by atoms with Gasteiger partial charge in [0.05, 0.1) is 12.6 Å². The lowest BCUT2D eigenvalue weighted by atomic mass is 10.2. The molecule has 0 aliphatic carbocycles. The molecule has 0 bridgehead atoms. The highest BCUT2D eigenvalue weighted by Crippen LogP contribution is 2.24. The molecule has 0 saturated carbocycles. The lowest BCUT2D eigenvalue weighted by molar-refractivity contribution is 0.177. The molecule has 2 aromatic rings. The normalized spacial score (nSPS) is 12.7. The third kappa shape index (κ3) is 2.36. The molecule has 0 aliphatic rings. The Balaban J connectivity index is 2.35. The van der Waals surface area contributed by atoms with Crippen molar-refractivity contribution in [2.24, 2.45) is 5.73 Å². The molecule has 2 N–H and O–H groups in total. The van der Waals surface area contributed by atoms with Crippen LogP contribution in [0.3, 0.4) is 0 Å². The largest absolute Gasteiger partial charge is 0.383 e. The van der Waals surface area contributed by atoms with Gasteiger partial charge in [0.1, 0.15) is 17.2 Å². The molecule has 18 heavy (non-hydrogen) atoms. The summed E-state index contributed by atoms with van der Waals surface area (Å²) in [5.41, 5.74) is 5.32. The Bertz CT molecular complexity index is 525. The second-order valence-electron chi connectivity index (χ2n) is 3.62. The molecule has 1 aromatic carbocycles. The number of aromatic nitrogens is 2. The third-order valence-electron chi connectivity index (χ3n) is 2.30. The van der Waals surface area contributed by atoms with Crippen LogP contribution in [0, 0.1) is 11.6 Å². The van der Waals surface area contributed by atoms with Crippen LogP contribution in [-0.2, 0) is 4.74 Å². The van der Waals surface area contributed by atoms with Crippen LogP contribution in [0.5, 0.6) is 0 Å². The summed E-state index contributed by atoms with van der Waals surface area (Å²) in [5, 5.41) is 3.57. The van der Waals surface area contributed by atoms with Crippen LogP contribution < -0.4 is 5.73 Å². The fourth-order valence-corrected chi connectivity index (χ4v) is 1.44. The van der Waals surface area contributed by atoms with Gasteiger partial charge in [-0.05, 0) is 12.1 Å². The van der Waals surface area contributed by atoms with E-state index in [-0.39, 0.29) is 23.9 Å². The zero-order valence-corrected chi connectivity index (χ0v) is 9.56. The predicted octanol–water partition coefficient (Wildman–Crippen LogP) is 1.66. The van der Waals surface area contributed by atoms with E-state index < -0.39 is 17.7 Å². The van der Waals surface area contributed by atoms with Crippen molar-refractivity contribution in [3.05, 3.63) is 35.7 Å². The summed E-state index contributed by atoms with van der Waals surface area (Å²) in [6, 6.07) is 2.86. The van der Waals surface area contributed by atoms with Crippen LogP contribution in [0.2, 0.25) is 0 Å². The van der Waals surface area contributed by atoms with Crippen molar-refractivity contribution >= 4 is 0 Å². The first-order valence-electron chi connectivity index (χ1n) is 5.16. The maximum atomic E-state index is 13.5. The van der Waals surface area contributed by atoms with Crippen LogP contribution in [-0.4, -0.2) is 23.9 Å². The van der Waals surface area contributed by atoms with E-state index >= 15 is 0 Å². The van der Waals surface area contributed by atoms with Crippen molar-refractivity contribution in [3.8, 4) is 11.5 Å². The van der Waals surface area contributed by atoms with Gasteiger partial charge in [-0.1, -0.05) is 11.2 Å². The van der Waals surface area contributed by atoms with E-state index in [0.29, 0.717) is 0 Å². The fourth-order valence-electron chi connectivity index (χ4n) is 1.44. The lowest BCUT2D eigenvalue weighted by Crippen LogP contribution is -2.17. The van der Waals surface area contributed by atoms with E-state index in [1.54, 1.807) is 0 Å². The standard InChI is InChI=1S/C11H11F2N3O2/c1-17-5-8(14)10-15-11(18-16-10)9-6(12)3-2-4-7(9)13/h2-4,8H,5,14H2,1H3. The maximum Gasteiger partial charge on any atom is 0.263 e. The molecule has 7 heteroatoms. The average molecular weight is 255 g/mol. The van der Waals surface area contributed by atoms with E-state index in [4.69, 9.17) is 15.0 Å². The fraction of sp³-hybridized carbons (Fsp3) is 0.273. The molecule has 2 rings (SSSR count). The molecule has 5 nitrogen and oxygen atoms in total. The molecule has 0 radical (unpaired) electrons. The summed E-state index contributed by atoms with van der Waals surface area (Å²) >= 11 is 0. The number of rotatable bonds is 4. The van der Waals surface area contributed by atoms with Crippen molar-refractivity contribution in [1.29, 1.82) is 0 Å². The number of methoxy groups -OCH3 is 1. The van der Waals surface area contributed by atoms with Gasteiger partial charge in [-0.25, -0.2) is 8.78 Å². The van der Waals surface area contributed by atoms with Gasteiger partial charge < -0.3 is 15.0 Å². The molecule has 0 amide bonds. The summed E-state index contributed by atoms with van der Waals surface area (Å²) in [5.74, 6) is -1.65. The van der Waals surface area contributed by atoms with Crippen molar-refractivity contribution in [2.45, 2.75) is 6.04 Å². The Kier molecular flexibility index (Phi) is 3.63. The molecule has 1 atom stereocenters. The summed E-state index contributed by atoms with van der Waals surface area (Å²) in [6.45, 7) is 0.179. The van der Waals surface area contributed by atoms with Gasteiger partial charge >= 0.3 is 0 Å². The van der Waals surface area contributed by atoms with Gasteiger partial charge in [-0.3, -0.25) is 0 Å². The number of ether oxygens (including phenoxy) is 1. The van der Waals surface area contributed by atoms with E-state index in [0.717, 1.165) is 12.1 Å². The molecular formula is C11H11F2N3O2. The smallest absolute Gasteiger partial charge is 0.263 e. The minimum atomic E-state index is -0.773. The van der Waals surface area contributed by atoms with Crippen molar-refractivity contribution < 1.29 is 18.0 Å². The van der Waals surface area contributed by atoms with E-state index in [1.165, 1.54) is 13.2 Å². The summed E-state index contributed by atoms with van der Waals surface area (Å²) < 4.78 is 36.6. The van der Waals surface area contributed by atoms with Gasteiger partial charge in [0.15, 0.2) is 5.82 Å². The monoisotopic (exact) mass is 255 g/mol.